The second kappa shape index (κ2) is 6.43. The maximum Gasteiger partial charge on any atom is 0.287 e. The summed E-state index contributed by atoms with van der Waals surface area (Å²) >= 11 is 0. The molecule has 1 heterocycles. The van der Waals surface area contributed by atoms with E-state index in [0.29, 0.717) is 24.3 Å². The van der Waals surface area contributed by atoms with Crippen molar-refractivity contribution in [3.8, 4) is 5.75 Å². The highest BCUT2D eigenvalue weighted by Crippen LogP contribution is 2.28. The largest absolute Gasteiger partial charge is 0.493 e. The van der Waals surface area contributed by atoms with Crippen molar-refractivity contribution in [2.75, 3.05) is 20.3 Å². The second-order valence-electron chi connectivity index (χ2n) is 4.82. The first-order valence-corrected chi connectivity index (χ1v) is 6.61. The number of benzene rings is 1. The van der Waals surface area contributed by atoms with E-state index in [0.717, 1.165) is 5.39 Å². The lowest BCUT2D eigenvalue weighted by molar-refractivity contribution is 0.0919. The van der Waals surface area contributed by atoms with Gasteiger partial charge in [0.05, 0.1) is 7.11 Å². The van der Waals surface area contributed by atoms with Crippen LogP contribution in [0.4, 0.5) is 0 Å². The van der Waals surface area contributed by atoms with Crippen molar-refractivity contribution in [3.05, 3.63) is 30.0 Å². The molecule has 2 aromatic rings. The third kappa shape index (κ3) is 3.11. The van der Waals surface area contributed by atoms with Crippen molar-refractivity contribution in [3.63, 3.8) is 0 Å². The molecule has 1 aromatic carbocycles. The van der Waals surface area contributed by atoms with Gasteiger partial charge in [0.1, 0.15) is 0 Å². The van der Waals surface area contributed by atoms with Gasteiger partial charge in [-0.1, -0.05) is 19.1 Å². The highest BCUT2D eigenvalue weighted by molar-refractivity contribution is 5.97. The molecule has 0 bridgehead atoms. The second-order valence-corrected chi connectivity index (χ2v) is 4.82. The molecule has 0 spiro atoms. The molecule has 108 valence electrons. The van der Waals surface area contributed by atoms with Gasteiger partial charge in [0, 0.05) is 18.5 Å². The number of para-hydroxylation sites is 1. The van der Waals surface area contributed by atoms with Crippen molar-refractivity contribution in [2.24, 2.45) is 5.92 Å². The highest BCUT2D eigenvalue weighted by atomic mass is 16.5. The Hall–Kier alpha value is -2.01. The molecule has 5 heteroatoms. The zero-order valence-corrected chi connectivity index (χ0v) is 11.7. The smallest absolute Gasteiger partial charge is 0.287 e. The van der Waals surface area contributed by atoms with E-state index in [4.69, 9.17) is 14.3 Å². The first-order chi connectivity index (χ1) is 9.65. The summed E-state index contributed by atoms with van der Waals surface area (Å²) in [5, 5.41) is 12.5. The Morgan fingerprint density at radius 2 is 2.30 bits per heavy atom. The summed E-state index contributed by atoms with van der Waals surface area (Å²) in [6.07, 6.45) is 0.661. The van der Waals surface area contributed by atoms with E-state index in [2.05, 4.69) is 5.32 Å². The van der Waals surface area contributed by atoms with Crippen LogP contribution in [0.5, 0.6) is 5.75 Å². The quantitative estimate of drug-likeness (QED) is 0.849. The highest BCUT2D eigenvalue weighted by Gasteiger charge is 2.15. The predicted molar refractivity (Wildman–Crippen MR) is 76.0 cm³/mol. The van der Waals surface area contributed by atoms with Crippen LogP contribution in [-0.4, -0.2) is 31.3 Å². The molecule has 2 rings (SSSR count). The molecule has 0 aliphatic rings. The fourth-order valence-corrected chi connectivity index (χ4v) is 1.99. The number of ether oxygens (including phenoxy) is 1. The average Bonchev–Trinajstić information content (AvgIpc) is 2.89. The predicted octanol–water partition coefficient (Wildman–Crippen LogP) is 2.19. The van der Waals surface area contributed by atoms with E-state index in [1.807, 2.05) is 19.1 Å². The molecule has 0 aliphatic carbocycles. The minimum absolute atomic E-state index is 0.124. The van der Waals surface area contributed by atoms with Gasteiger partial charge in [-0.05, 0) is 24.5 Å². The van der Waals surface area contributed by atoms with Crippen LogP contribution in [0.25, 0.3) is 11.0 Å². The molecule has 1 unspecified atom stereocenters. The third-order valence-corrected chi connectivity index (χ3v) is 3.18. The van der Waals surface area contributed by atoms with Gasteiger partial charge >= 0.3 is 0 Å². The number of aliphatic hydroxyl groups is 1. The number of carbonyl (C=O) groups excluding carboxylic acids is 1. The zero-order valence-electron chi connectivity index (χ0n) is 11.7. The Kier molecular flexibility index (Phi) is 4.63. The van der Waals surface area contributed by atoms with Crippen molar-refractivity contribution in [1.29, 1.82) is 0 Å². The SMILES string of the molecule is COc1cccc2cc(C(=O)NCC(C)CCO)oc12. The molecule has 0 saturated carbocycles. The van der Waals surface area contributed by atoms with E-state index in [1.54, 1.807) is 19.2 Å². The van der Waals surface area contributed by atoms with E-state index in [9.17, 15) is 4.79 Å². The molecule has 5 nitrogen and oxygen atoms in total. The summed E-state index contributed by atoms with van der Waals surface area (Å²) in [5.41, 5.74) is 0.573. The van der Waals surface area contributed by atoms with Gasteiger partial charge in [-0.2, -0.15) is 0 Å². The van der Waals surface area contributed by atoms with Gasteiger partial charge in [0.25, 0.3) is 5.91 Å². The molecular weight excluding hydrogens is 258 g/mol. The minimum atomic E-state index is -0.256. The molecule has 1 amide bonds. The number of hydrogen-bond donors (Lipinski definition) is 2. The number of methoxy groups -OCH3 is 1. The van der Waals surface area contributed by atoms with Gasteiger partial charge in [-0.3, -0.25) is 4.79 Å². The van der Waals surface area contributed by atoms with Crippen molar-refractivity contribution in [1.82, 2.24) is 5.32 Å². The number of rotatable bonds is 6. The van der Waals surface area contributed by atoms with Crippen LogP contribution in [0.3, 0.4) is 0 Å². The Morgan fingerprint density at radius 1 is 1.50 bits per heavy atom. The number of carbonyl (C=O) groups is 1. The molecule has 1 aromatic heterocycles. The number of nitrogens with one attached hydrogen (secondary N) is 1. The van der Waals surface area contributed by atoms with Crippen molar-refractivity contribution in [2.45, 2.75) is 13.3 Å². The summed E-state index contributed by atoms with van der Waals surface area (Å²) in [5.74, 6) is 0.840. The maximum absolute atomic E-state index is 12.0. The first-order valence-electron chi connectivity index (χ1n) is 6.61. The summed E-state index contributed by atoms with van der Waals surface area (Å²) in [7, 11) is 1.56. The number of furan rings is 1. The number of hydrogen-bond acceptors (Lipinski definition) is 4. The molecule has 20 heavy (non-hydrogen) atoms. The minimum Gasteiger partial charge on any atom is -0.493 e. The maximum atomic E-state index is 12.0. The Bertz CT molecular complexity index is 591. The number of fused-ring (bicyclic) bond motifs is 1. The van der Waals surface area contributed by atoms with Gasteiger partial charge in [0.2, 0.25) is 0 Å². The Balaban J connectivity index is 2.11. The standard InChI is InChI=1S/C15H19NO4/c1-10(6-7-17)9-16-15(18)13-8-11-4-3-5-12(19-2)14(11)20-13/h3-5,8,10,17H,6-7,9H2,1-2H3,(H,16,18). The van der Waals surface area contributed by atoms with Crippen LogP contribution < -0.4 is 10.1 Å². The van der Waals surface area contributed by atoms with Crippen molar-refractivity contribution < 1.29 is 19.1 Å². The lowest BCUT2D eigenvalue weighted by atomic mass is 10.1. The fraction of sp³-hybridized carbons (Fsp3) is 0.400. The topological polar surface area (TPSA) is 71.7 Å². The summed E-state index contributed by atoms with van der Waals surface area (Å²) in [6.45, 7) is 2.60. The summed E-state index contributed by atoms with van der Waals surface area (Å²) in [6, 6.07) is 7.20. The monoisotopic (exact) mass is 277 g/mol. The molecule has 0 saturated heterocycles. The van der Waals surface area contributed by atoms with Gasteiger partial charge in [-0.25, -0.2) is 0 Å². The van der Waals surface area contributed by atoms with E-state index >= 15 is 0 Å². The van der Waals surface area contributed by atoms with Crippen LogP contribution in [0, 0.1) is 5.92 Å². The number of amides is 1. The van der Waals surface area contributed by atoms with E-state index in [-0.39, 0.29) is 24.2 Å². The summed E-state index contributed by atoms with van der Waals surface area (Å²) in [4.78, 5) is 12.0. The molecule has 0 aliphatic heterocycles. The Morgan fingerprint density at radius 3 is 3.00 bits per heavy atom. The van der Waals surface area contributed by atoms with Crippen LogP contribution in [0.2, 0.25) is 0 Å². The molecule has 0 radical (unpaired) electrons. The molecule has 1 atom stereocenters. The zero-order chi connectivity index (χ0) is 14.5. The van der Waals surface area contributed by atoms with Crippen LogP contribution in [-0.2, 0) is 0 Å². The normalized spacial score (nSPS) is 12.3. The lowest BCUT2D eigenvalue weighted by Gasteiger charge is -2.09. The third-order valence-electron chi connectivity index (χ3n) is 3.18. The molecular formula is C15H19NO4. The van der Waals surface area contributed by atoms with Gasteiger partial charge in [0.15, 0.2) is 17.1 Å². The molecule has 0 fully saturated rings. The number of aliphatic hydroxyl groups excluding tert-OH is 1. The average molecular weight is 277 g/mol. The van der Waals surface area contributed by atoms with Crippen LogP contribution in [0.15, 0.2) is 28.7 Å². The van der Waals surface area contributed by atoms with Gasteiger partial charge in [-0.15, -0.1) is 0 Å². The Labute approximate surface area is 117 Å². The van der Waals surface area contributed by atoms with E-state index in [1.165, 1.54) is 0 Å². The first kappa shape index (κ1) is 14.4. The van der Waals surface area contributed by atoms with Crippen LogP contribution in [0.1, 0.15) is 23.9 Å². The summed E-state index contributed by atoms with van der Waals surface area (Å²) < 4.78 is 10.8. The molecule has 2 N–H and O–H groups in total. The van der Waals surface area contributed by atoms with Crippen LogP contribution >= 0.6 is 0 Å². The van der Waals surface area contributed by atoms with E-state index < -0.39 is 0 Å². The van der Waals surface area contributed by atoms with Gasteiger partial charge < -0.3 is 19.6 Å². The fourth-order valence-electron chi connectivity index (χ4n) is 1.99. The lowest BCUT2D eigenvalue weighted by Crippen LogP contribution is -2.28. The van der Waals surface area contributed by atoms with Crippen molar-refractivity contribution >= 4 is 16.9 Å².